The topological polar surface area (TPSA) is 150 Å². The molecule has 0 aliphatic carbocycles. The molecule has 40 heavy (non-hydrogen) atoms. The van der Waals surface area contributed by atoms with Gasteiger partial charge >= 0.3 is 0 Å². The monoisotopic (exact) mass is 576 g/mol. The molecule has 1 atom stereocenters. The molecule has 14 heteroatoms. The highest BCUT2D eigenvalue weighted by atomic mass is 32.1. The van der Waals surface area contributed by atoms with E-state index in [9.17, 15) is 23.5 Å². The molecule has 216 valence electrons. The van der Waals surface area contributed by atoms with Crippen molar-refractivity contribution < 1.29 is 23.5 Å². The third-order valence-corrected chi connectivity index (χ3v) is 7.28. The number of aliphatic hydroxyl groups is 1. The number of nitrogens with one attached hydrogen (secondary N) is 2. The number of thiazole rings is 1. The summed E-state index contributed by atoms with van der Waals surface area (Å²) in [5, 5.41) is 15.5. The molecule has 11 nitrogen and oxygen atoms in total. The van der Waals surface area contributed by atoms with E-state index in [2.05, 4.69) is 42.0 Å². The third kappa shape index (κ3) is 8.13. The van der Waals surface area contributed by atoms with Crippen LogP contribution in [0.15, 0.2) is 54.4 Å². The molecule has 5 N–H and O–H groups in total. The quantitative estimate of drug-likeness (QED) is 0.234. The molecule has 3 heterocycles. The number of piperazine rings is 1. The van der Waals surface area contributed by atoms with Crippen molar-refractivity contribution in [2.24, 2.45) is 5.73 Å². The van der Waals surface area contributed by atoms with Gasteiger partial charge in [-0.1, -0.05) is 6.58 Å². The number of allylic oxidation sites excluding steroid dienone is 4. The largest absolute Gasteiger partial charge is 0.507 e. The Hall–Kier alpha value is -3.75. The van der Waals surface area contributed by atoms with E-state index in [1.54, 1.807) is 13.0 Å². The van der Waals surface area contributed by atoms with Gasteiger partial charge in [-0.25, -0.2) is 23.7 Å². The molecule has 2 aromatic heterocycles. The first kappa shape index (κ1) is 30.8. The molecule has 1 aliphatic rings. The number of nitrogens with zero attached hydrogens (tertiary/aromatic N) is 5. The number of hydrogen-bond donors (Lipinski definition) is 4. The molecule has 0 spiro atoms. The molecule has 2 amide bonds. The van der Waals surface area contributed by atoms with Crippen molar-refractivity contribution in [3.05, 3.63) is 69.9 Å². The minimum absolute atomic E-state index is 0.0894. The maximum absolute atomic E-state index is 13.8. The summed E-state index contributed by atoms with van der Waals surface area (Å²) < 4.78 is 27.7. The summed E-state index contributed by atoms with van der Waals surface area (Å²) in [6.07, 6.45) is 4.57. The second-order valence-electron chi connectivity index (χ2n) is 9.31. The fraction of sp³-hybridized carbons (Fsp3) is 0.423. The average molecular weight is 577 g/mol. The summed E-state index contributed by atoms with van der Waals surface area (Å²) in [5.74, 6) is -4.36. The van der Waals surface area contributed by atoms with Gasteiger partial charge in [0, 0.05) is 58.0 Å². The number of nitrogens with two attached hydrogens (primary N) is 1. The summed E-state index contributed by atoms with van der Waals surface area (Å²) in [6.45, 7) is 11.8. The molecule has 2 aromatic rings. The van der Waals surface area contributed by atoms with Gasteiger partial charge in [-0.2, -0.15) is 0 Å². The number of hydrogen-bond acceptors (Lipinski definition) is 10. The van der Waals surface area contributed by atoms with E-state index >= 15 is 0 Å². The van der Waals surface area contributed by atoms with Crippen LogP contribution in [0.2, 0.25) is 0 Å². The highest BCUT2D eigenvalue weighted by Gasteiger charge is 2.29. The number of amides is 2. The smallest absolute Gasteiger partial charge is 0.274 e. The van der Waals surface area contributed by atoms with Crippen molar-refractivity contribution in [2.75, 3.05) is 44.2 Å². The normalized spacial score (nSPS) is 16.2. The lowest BCUT2D eigenvalue weighted by Gasteiger charge is -2.35. The van der Waals surface area contributed by atoms with Crippen LogP contribution in [0.3, 0.4) is 0 Å². The van der Waals surface area contributed by atoms with E-state index in [1.165, 1.54) is 19.4 Å². The SMILES string of the molecule is C=C/C(O)=C(\C=C(/C)NC(=O)c1cnc(C(C)NC(=O)c2cc(N3CCN(CCN)CC3)ncn2)s1)C(C)(F)F. The van der Waals surface area contributed by atoms with Crippen LogP contribution in [0.5, 0.6) is 0 Å². The van der Waals surface area contributed by atoms with E-state index in [0.29, 0.717) is 24.3 Å². The van der Waals surface area contributed by atoms with Crippen molar-refractivity contribution in [1.29, 1.82) is 0 Å². The van der Waals surface area contributed by atoms with Crippen LogP contribution in [0.25, 0.3) is 0 Å². The average Bonchev–Trinajstić information content (AvgIpc) is 3.42. The second kappa shape index (κ2) is 13.5. The molecule has 1 aliphatic heterocycles. The van der Waals surface area contributed by atoms with Crippen molar-refractivity contribution in [3.63, 3.8) is 0 Å². The molecule has 0 bridgehead atoms. The number of aliphatic hydroxyl groups excluding tert-OH is 1. The van der Waals surface area contributed by atoms with Gasteiger partial charge in [0.1, 0.15) is 33.5 Å². The molecular formula is C26H34F2N8O3S. The zero-order chi connectivity index (χ0) is 29.4. The number of carbonyl (C=O) groups excluding carboxylic acids is 2. The van der Waals surface area contributed by atoms with Gasteiger partial charge in [0.25, 0.3) is 17.7 Å². The van der Waals surface area contributed by atoms with Crippen molar-refractivity contribution in [3.8, 4) is 0 Å². The van der Waals surface area contributed by atoms with Crippen molar-refractivity contribution in [1.82, 2.24) is 30.5 Å². The molecule has 3 rings (SSSR count). The summed E-state index contributed by atoms with van der Waals surface area (Å²) in [6, 6.07) is 1.11. The number of aromatic nitrogens is 3. The standard InChI is InChI=1S/C26H34F2N8O3S/c1-5-20(37)18(26(4,27)28)12-16(2)33-24(39)21-14-30-25(40-21)17(3)34-23(38)19-13-22(32-15-31-19)36-10-8-35(7-6-29)9-11-36/h5,12-15,17,37H,1,6-11,29H2,2-4H3,(H,33,39)(H,34,38)/b16-12+,20-18-. The predicted octanol–water partition coefficient (Wildman–Crippen LogP) is 2.79. The molecular weight excluding hydrogens is 542 g/mol. The zero-order valence-corrected chi connectivity index (χ0v) is 23.5. The predicted molar refractivity (Wildman–Crippen MR) is 149 cm³/mol. The van der Waals surface area contributed by atoms with E-state index < -0.39 is 35.1 Å². The highest BCUT2D eigenvalue weighted by molar-refractivity contribution is 7.13. The number of halogens is 2. The molecule has 0 aromatic carbocycles. The van der Waals surface area contributed by atoms with E-state index in [-0.39, 0.29) is 16.3 Å². The Morgan fingerprint density at radius 2 is 1.95 bits per heavy atom. The van der Waals surface area contributed by atoms with Gasteiger partial charge in [-0.05, 0) is 26.0 Å². The molecule has 1 saturated heterocycles. The number of alkyl halides is 2. The van der Waals surface area contributed by atoms with E-state index in [0.717, 1.165) is 56.2 Å². The Labute approximate surface area is 235 Å². The minimum Gasteiger partial charge on any atom is -0.507 e. The highest BCUT2D eigenvalue weighted by Crippen LogP contribution is 2.28. The van der Waals surface area contributed by atoms with E-state index in [4.69, 9.17) is 5.73 Å². The second-order valence-corrected chi connectivity index (χ2v) is 10.4. The van der Waals surface area contributed by atoms with Crippen molar-refractivity contribution >= 4 is 29.0 Å². The Kier molecular flexibility index (Phi) is 10.4. The van der Waals surface area contributed by atoms with Gasteiger partial charge in [0.05, 0.1) is 17.8 Å². The Morgan fingerprint density at radius 1 is 1.25 bits per heavy atom. The summed E-state index contributed by atoms with van der Waals surface area (Å²) in [7, 11) is 0. The number of rotatable bonds is 11. The van der Waals surface area contributed by atoms with Crippen LogP contribution < -0.4 is 21.3 Å². The van der Waals surface area contributed by atoms with Crippen LogP contribution in [-0.4, -0.2) is 82.0 Å². The van der Waals surface area contributed by atoms with Gasteiger partial charge in [0.2, 0.25) is 0 Å². The fourth-order valence-corrected chi connectivity index (χ4v) is 4.80. The van der Waals surface area contributed by atoms with Crippen LogP contribution in [0.4, 0.5) is 14.6 Å². The Balaban J connectivity index is 1.62. The molecule has 0 saturated carbocycles. The van der Waals surface area contributed by atoms with Crippen LogP contribution >= 0.6 is 11.3 Å². The van der Waals surface area contributed by atoms with Gasteiger partial charge in [-0.3, -0.25) is 14.5 Å². The molecule has 1 fully saturated rings. The Bertz CT molecular complexity index is 1280. The van der Waals surface area contributed by atoms with Gasteiger partial charge < -0.3 is 26.4 Å². The maximum atomic E-state index is 13.8. The fourth-order valence-electron chi connectivity index (χ4n) is 3.98. The number of carbonyl (C=O) groups is 2. The third-order valence-electron chi connectivity index (χ3n) is 6.11. The van der Waals surface area contributed by atoms with Crippen LogP contribution in [0.1, 0.15) is 52.0 Å². The first-order chi connectivity index (χ1) is 18.9. The van der Waals surface area contributed by atoms with E-state index in [1.807, 2.05) is 0 Å². The Morgan fingerprint density at radius 3 is 2.58 bits per heavy atom. The lowest BCUT2D eigenvalue weighted by atomic mass is 10.1. The first-order valence-corrected chi connectivity index (χ1v) is 13.4. The van der Waals surface area contributed by atoms with Crippen LogP contribution in [-0.2, 0) is 0 Å². The summed E-state index contributed by atoms with van der Waals surface area (Å²) >= 11 is 1.05. The summed E-state index contributed by atoms with van der Waals surface area (Å²) in [5.41, 5.74) is 5.25. The van der Waals surface area contributed by atoms with Gasteiger partial charge in [0.15, 0.2) is 0 Å². The first-order valence-electron chi connectivity index (χ1n) is 12.6. The molecule has 1 unspecified atom stereocenters. The van der Waals surface area contributed by atoms with Crippen LogP contribution in [0, 0.1) is 0 Å². The summed E-state index contributed by atoms with van der Waals surface area (Å²) in [4.78, 5) is 42.8. The lowest BCUT2D eigenvalue weighted by Crippen LogP contribution is -2.48. The zero-order valence-electron chi connectivity index (χ0n) is 22.7. The lowest BCUT2D eigenvalue weighted by molar-refractivity contribution is 0.0631. The number of anilines is 1. The van der Waals surface area contributed by atoms with Gasteiger partial charge in [-0.15, -0.1) is 11.3 Å². The van der Waals surface area contributed by atoms with Crippen molar-refractivity contribution in [2.45, 2.75) is 32.7 Å². The molecule has 0 radical (unpaired) electrons. The minimum atomic E-state index is -3.35. The maximum Gasteiger partial charge on any atom is 0.274 e.